The van der Waals surface area contributed by atoms with Crippen LogP contribution < -0.4 is 15.6 Å². The quantitative estimate of drug-likeness (QED) is 0.162. The first-order chi connectivity index (χ1) is 29.6. The van der Waals surface area contributed by atoms with E-state index in [-0.39, 0.29) is 23.7 Å². The number of carbonyl (C=O) groups is 2. The minimum atomic E-state index is -2.95. The summed E-state index contributed by atoms with van der Waals surface area (Å²) in [5.74, 6) is 0.0204. The van der Waals surface area contributed by atoms with E-state index in [4.69, 9.17) is 19.1 Å². The van der Waals surface area contributed by atoms with E-state index in [1.54, 1.807) is 64.7 Å². The third kappa shape index (κ3) is 6.29. The van der Waals surface area contributed by atoms with Crippen LogP contribution in [0.2, 0.25) is 0 Å². The molecular formula is C45H48FN9O6S. The number of aromatic amines is 1. The molecule has 4 aliphatic rings. The molecule has 2 saturated heterocycles. The topological polar surface area (TPSA) is 176 Å². The average molecular weight is 862 g/mol. The van der Waals surface area contributed by atoms with E-state index in [1.165, 1.54) is 11.8 Å². The Kier molecular flexibility index (Phi) is 9.37. The molecule has 0 bridgehead atoms. The lowest BCUT2D eigenvalue weighted by molar-refractivity contribution is 0.0664. The second-order valence-corrected chi connectivity index (χ2v) is 19.5. The number of amides is 3. The first-order valence-electron chi connectivity index (χ1n) is 21.1. The molecule has 6 aromatic rings. The van der Waals surface area contributed by atoms with Crippen LogP contribution in [-0.4, -0.2) is 84.6 Å². The second kappa shape index (κ2) is 14.5. The van der Waals surface area contributed by atoms with Crippen LogP contribution in [0.4, 0.5) is 20.7 Å². The molecule has 17 heteroatoms. The van der Waals surface area contributed by atoms with Gasteiger partial charge in [-0.25, -0.2) is 27.6 Å². The molecule has 10 rings (SSSR count). The predicted molar refractivity (Wildman–Crippen MR) is 230 cm³/mol. The Hall–Kier alpha value is -6.07. The van der Waals surface area contributed by atoms with Crippen LogP contribution in [0.15, 0.2) is 74.9 Å². The second-order valence-electron chi connectivity index (χ2n) is 17.4. The number of hydrogen-bond donors (Lipinski definition) is 2. The van der Waals surface area contributed by atoms with Gasteiger partial charge in [-0.05, 0) is 123 Å². The molecule has 3 fully saturated rings. The molecule has 1 saturated carbocycles. The van der Waals surface area contributed by atoms with Crippen LogP contribution in [0.25, 0.3) is 16.6 Å². The molecule has 3 amide bonds. The zero-order chi connectivity index (χ0) is 43.4. The standard InChI is InChI=1S/C45H48FN9O6S/c1-25-20-33(21-26(2)39(25)46)55-40(53-17-16-52(44(53)58)32-7-9-34(10-8-32)62(5,47)59)38-28(4)51(15-12-35(38)49-55)41(56)37-23-31-22-30(29-13-18-60-19-14-29)6-11-36(31)54(37)45(24-27(45)3)42-48-43(57)61-50-42/h6-11,20-23,27-29,47H,12-19,24H2,1-5H3,(H,48,50,57)/t27-,28-,45-,62?/m0/s1. The van der Waals surface area contributed by atoms with Crippen molar-refractivity contribution in [2.45, 2.75) is 75.8 Å². The van der Waals surface area contributed by atoms with E-state index in [0.29, 0.717) is 96.3 Å². The van der Waals surface area contributed by atoms with Crippen molar-refractivity contribution < 1.29 is 27.4 Å². The van der Waals surface area contributed by atoms with Gasteiger partial charge in [0.15, 0.2) is 5.82 Å². The number of nitrogens with one attached hydrogen (secondary N) is 2. The fourth-order valence-corrected chi connectivity index (χ4v) is 10.8. The number of benzene rings is 3. The van der Waals surface area contributed by atoms with E-state index in [9.17, 15) is 13.8 Å². The van der Waals surface area contributed by atoms with Crippen molar-refractivity contribution in [3.63, 3.8) is 0 Å². The SMILES string of the molecule is Cc1cc(-n2nc3c(c2N2CCN(c4ccc(S(C)(=N)=O)cc4)C2=O)[C@H](C)N(C(=O)c2cc4cc(C5CCOCC5)ccc4n2[C@@]2(c4noc(=O)[nH]4)C[C@@H]2C)CC3)cc(C)c1F. The number of aryl methyl sites for hydroxylation is 2. The molecule has 1 aliphatic carbocycles. The molecule has 3 aromatic heterocycles. The molecule has 3 aliphatic heterocycles. The molecule has 62 heavy (non-hydrogen) atoms. The van der Waals surface area contributed by atoms with Gasteiger partial charge < -0.3 is 14.2 Å². The van der Waals surface area contributed by atoms with E-state index in [1.807, 2.05) is 22.5 Å². The summed E-state index contributed by atoms with van der Waals surface area (Å²) in [4.78, 5) is 50.7. The summed E-state index contributed by atoms with van der Waals surface area (Å²) in [5, 5.41) is 10.2. The van der Waals surface area contributed by atoms with E-state index in [2.05, 4.69) is 35.3 Å². The van der Waals surface area contributed by atoms with Crippen molar-refractivity contribution in [2.24, 2.45) is 5.92 Å². The van der Waals surface area contributed by atoms with Crippen molar-refractivity contribution >= 4 is 44.1 Å². The number of nitrogens with zero attached hydrogens (tertiary/aromatic N) is 7. The zero-order valence-corrected chi connectivity index (χ0v) is 36.1. The van der Waals surface area contributed by atoms with Gasteiger partial charge >= 0.3 is 11.8 Å². The third-order valence-electron chi connectivity index (χ3n) is 13.5. The molecular weight excluding hydrogens is 814 g/mol. The lowest BCUT2D eigenvalue weighted by atomic mass is 9.91. The number of hydrogen-bond acceptors (Lipinski definition) is 9. The summed E-state index contributed by atoms with van der Waals surface area (Å²) in [6.07, 6.45) is 4.21. The number of urea groups is 1. The van der Waals surface area contributed by atoms with Crippen molar-refractivity contribution in [1.82, 2.24) is 29.4 Å². The molecule has 4 atom stereocenters. The number of fused-ring (bicyclic) bond motifs is 2. The monoisotopic (exact) mass is 861 g/mol. The smallest absolute Gasteiger partial charge is 0.381 e. The minimum Gasteiger partial charge on any atom is -0.381 e. The van der Waals surface area contributed by atoms with Gasteiger partial charge in [-0.15, -0.1) is 0 Å². The third-order valence-corrected chi connectivity index (χ3v) is 14.7. The van der Waals surface area contributed by atoms with Crippen molar-refractivity contribution in [3.05, 3.63) is 116 Å². The molecule has 15 nitrogen and oxygen atoms in total. The summed E-state index contributed by atoms with van der Waals surface area (Å²) >= 11 is 0. The van der Waals surface area contributed by atoms with Crippen LogP contribution in [0, 0.1) is 30.4 Å². The summed E-state index contributed by atoms with van der Waals surface area (Å²) < 4.78 is 49.9. The summed E-state index contributed by atoms with van der Waals surface area (Å²) in [5.41, 5.74) is 5.15. The van der Waals surface area contributed by atoms with Crippen LogP contribution in [0.1, 0.15) is 89.3 Å². The van der Waals surface area contributed by atoms with Gasteiger partial charge in [-0.1, -0.05) is 18.1 Å². The first-order valence-corrected chi connectivity index (χ1v) is 23.0. The van der Waals surface area contributed by atoms with Crippen LogP contribution in [0.5, 0.6) is 0 Å². The number of H-pyrrole nitrogens is 1. The highest BCUT2D eigenvalue weighted by molar-refractivity contribution is 7.91. The summed E-state index contributed by atoms with van der Waals surface area (Å²) in [6.45, 7) is 9.78. The first kappa shape index (κ1) is 40.0. The van der Waals surface area contributed by atoms with Gasteiger partial charge in [0.1, 0.15) is 22.9 Å². The van der Waals surface area contributed by atoms with Crippen LogP contribution in [0.3, 0.4) is 0 Å². The van der Waals surface area contributed by atoms with Crippen LogP contribution >= 0.6 is 0 Å². The predicted octanol–water partition coefficient (Wildman–Crippen LogP) is 7.18. The number of halogens is 1. The fraction of sp³-hybridized carbons (Fsp3) is 0.400. The normalized spacial score (nSPS) is 22.7. The maximum absolute atomic E-state index is 15.4. The number of aromatic nitrogens is 5. The van der Waals surface area contributed by atoms with E-state index < -0.39 is 27.1 Å². The Morgan fingerprint density at radius 2 is 1.65 bits per heavy atom. The minimum absolute atomic E-state index is 0.0248. The summed E-state index contributed by atoms with van der Waals surface area (Å²) in [6, 6.07) is 17.5. The molecule has 3 aromatic carbocycles. The molecule has 322 valence electrons. The highest BCUT2D eigenvalue weighted by Crippen LogP contribution is 2.56. The van der Waals surface area contributed by atoms with Gasteiger partial charge in [0.25, 0.3) is 5.91 Å². The number of rotatable bonds is 8. The number of anilines is 2. The Morgan fingerprint density at radius 3 is 2.29 bits per heavy atom. The van der Waals surface area contributed by atoms with Crippen molar-refractivity contribution in [3.8, 4) is 5.69 Å². The fourth-order valence-electron chi connectivity index (χ4n) is 10.1. The maximum Gasteiger partial charge on any atom is 0.438 e. The van der Waals surface area contributed by atoms with Gasteiger partial charge in [0, 0.05) is 72.6 Å². The van der Waals surface area contributed by atoms with E-state index >= 15 is 9.18 Å². The Bertz CT molecular complexity index is 2960. The number of ether oxygens (including phenoxy) is 1. The summed E-state index contributed by atoms with van der Waals surface area (Å²) in [7, 11) is -2.95. The number of carbonyl (C=O) groups excluding carboxylic acids is 2. The van der Waals surface area contributed by atoms with Gasteiger partial charge in [0.2, 0.25) is 0 Å². The average Bonchev–Trinajstić information content (AvgIpc) is 3.75. The molecule has 0 radical (unpaired) electrons. The van der Waals surface area contributed by atoms with Crippen molar-refractivity contribution in [1.29, 1.82) is 4.78 Å². The van der Waals surface area contributed by atoms with Gasteiger partial charge in [-0.3, -0.25) is 24.1 Å². The maximum atomic E-state index is 15.4. The van der Waals surface area contributed by atoms with Gasteiger partial charge in [-0.2, -0.15) is 5.10 Å². The Labute approximate surface area is 357 Å². The molecule has 2 N–H and O–H groups in total. The van der Waals surface area contributed by atoms with Crippen LogP contribution in [-0.2, 0) is 26.4 Å². The molecule has 1 unspecified atom stereocenters. The molecule has 0 spiro atoms. The lowest BCUT2D eigenvalue weighted by Gasteiger charge is -2.35. The van der Waals surface area contributed by atoms with Gasteiger partial charge in [0.05, 0.1) is 27.2 Å². The van der Waals surface area contributed by atoms with E-state index in [0.717, 1.165) is 35.0 Å². The zero-order valence-electron chi connectivity index (χ0n) is 35.2. The highest BCUT2D eigenvalue weighted by Gasteiger charge is 2.59. The largest absolute Gasteiger partial charge is 0.438 e. The van der Waals surface area contributed by atoms with Crippen molar-refractivity contribution in [2.75, 3.05) is 48.9 Å². The highest BCUT2D eigenvalue weighted by atomic mass is 32.2. The molecule has 6 heterocycles. The Balaban J connectivity index is 1.08. The Morgan fingerprint density at radius 1 is 0.952 bits per heavy atom. The lowest BCUT2D eigenvalue weighted by Crippen LogP contribution is -2.41.